The highest BCUT2D eigenvalue weighted by Gasteiger charge is 2.13. The molecule has 10 heteroatoms. The summed E-state index contributed by atoms with van der Waals surface area (Å²) in [7, 11) is -3.84. The van der Waals surface area contributed by atoms with Gasteiger partial charge in [0.05, 0.1) is 14.9 Å². The number of phenolic OH excluding ortho intramolecular Hbond substituents is 1. The number of benzene rings is 2. The second kappa shape index (κ2) is 7.76. The molecule has 0 bridgehead atoms. The van der Waals surface area contributed by atoms with E-state index in [1.165, 1.54) is 42.5 Å². The second-order valence-corrected chi connectivity index (χ2v) is 7.40. The zero-order valence-corrected chi connectivity index (χ0v) is 15.2. The number of carbonyl (C=O) groups excluding carboxylic acids is 1. The number of rotatable bonds is 4. The Morgan fingerprint density at radius 2 is 1.73 bits per heavy atom. The average molecular weight is 412 g/mol. The van der Waals surface area contributed by atoms with Crippen LogP contribution in [0.25, 0.3) is 6.08 Å². The van der Waals surface area contributed by atoms with Gasteiger partial charge in [-0.25, -0.2) is 13.6 Å². The lowest BCUT2D eigenvalue weighted by molar-refractivity contribution is -0.112. The van der Waals surface area contributed by atoms with Crippen molar-refractivity contribution in [2.45, 2.75) is 4.90 Å². The number of nitrogens with zero attached hydrogens (tertiary/aromatic N) is 1. The molecule has 0 aliphatic carbocycles. The Hall–Kier alpha value is -2.57. The molecule has 2 rings (SSSR count). The molecule has 0 heterocycles. The van der Waals surface area contributed by atoms with Gasteiger partial charge in [-0.05, 0) is 48.0 Å². The molecular formula is C16H11Cl2N3O4S. The normalized spacial score (nSPS) is 11.7. The number of nitrogens with one attached hydrogen (secondary N) is 1. The predicted octanol–water partition coefficient (Wildman–Crippen LogP) is 2.89. The van der Waals surface area contributed by atoms with E-state index in [-0.39, 0.29) is 32.0 Å². The number of aromatic hydroxyl groups is 1. The summed E-state index contributed by atoms with van der Waals surface area (Å²) in [5.74, 6) is -1.03. The third-order valence-electron chi connectivity index (χ3n) is 3.16. The number of nitriles is 1. The van der Waals surface area contributed by atoms with Crippen LogP contribution in [0.15, 0.2) is 46.9 Å². The lowest BCUT2D eigenvalue weighted by Gasteiger charge is -2.06. The van der Waals surface area contributed by atoms with Crippen LogP contribution in [0, 0.1) is 11.3 Å². The molecule has 0 saturated heterocycles. The maximum absolute atomic E-state index is 12.2. The van der Waals surface area contributed by atoms with Crippen LogP contribution in [0.2, 0.25) is 10.0 Å². The quantitative estimate of drug-likeness (QED) is 0.525. The molecule has 7 nitrogen and oxygen atoms in total. The summed E-state index contributed by atoms with van der Waals surface area (Å²) in [5.41, 5.74) is 0.359. The number of nitrogens with two attached hydrogens (primary N) is 1. The van der Waals surface area contributed by atoms with E-state index in [2.05, 4.69) is 5.32 Å². The molecule has 0 spiro atoms. The fourth-order valence-electron chi connectivity index (χ4n) is 1.91. The van der Waals surface area contributed by atoms with Crippen LogP contribution >= 0.6 is 23.2 Å². The summed E-state index contributed by atoms with van der Waals surface area (Å²) in [5, 5.41) is 26.1. The van der Waals surface area contributed by atoms with Gasteiger partial charge >= 0.3 is 0 Å². The summed E-state index contributed by atoms with van der Waals surface area (Å²) in [6, 6.07) is 9.54. The van der Waals surface area contributed by atoms with Gasteiger partial charge in [-0.15, -0.1) is 0 Å². The summed E-state index contributed by atoms with van der Waals surface area (Å²) in [6.07, 6.45) is 1.24. The number of carbonyl (C=O) groups is 1. The Balaban J connectivity index is 2.25. The molecule has 0 radical (unpaired) electrons. The molecular weight excluding hydrogens is 401 g/mol. The highest BCUT2D eigenvalue weighted by Crippen LogP contribution is 2.33. The molecule has 1 amide bonds. The van der Waals surface area contributed by atoms with Crippen LogP contribution in [-0.2, 0) is 14.8 Å². The first-order valence-corrected chi connectivity index (χ1v) is 9.16. The largest absolute Gasteiger partial charge is 0.505 e. The van der Waals surface area contributed by atoms with Crippen LogP contribution in [0.1, 0.15) is 5.56 Å². The third kappa shape index (κ3) is 4.74. The smallest absolute Gasteiger partial charge is 0.266 e. The van der Waals surface area contributed by atoms with Crippen molar-refractivity contribution in [3.63, 3.8) is 0 Å². The molecule has 0 saturated carbocycles. The van der Waals surface area contributed by atoms with Crippen LogP contribution in [0.5, 0.6) is 5.75 Å². The lowest BCUT2D eigenvalue weighted by atomic mass is 10.1. The molecule has 26 heavy (non-hydrogen) atoms. The predicted molar refractivity (Wildman–Crippen MR) is 98.2 cm³/mol. The number of sulfonamides is 1. The van der Waals surface area contributed by atoms with Crippen molar-refractivity contribution >= 4 is 50.9 Å². The van der Waals surface area contributed by atoms with Gasteiger partial charge in [-0.1, -0.05) is 23.2 Å². The maximum Gasteiger partial charge on any atom is 0.266 e. The molecule has 0 atom stereocenters. The number of primary sulfonamides is 1. The van der Waals surface area contributed by atoms with E-state index in [0.29, 0.717) is 5.56 Å². The Bertz CT molecular complexity index is 1020. The SMILES string of the molecule is N#C/C(=C/c1cc(Cl)c(O)c(Cl)c1)C(=O)Nc1ccc(S(N)(=O)=O)cc1. The topological polar surface area (TPSA) is 133 Å². The van der Waals surface area contributed by atoms with Gasteiger partial charge in [0.15, 0.2) is 5.75 Å². The van der Waals surface area contributed by atoms with Gasteiger partial charge in [0.1, 0.15) is 11.6 Å². The highest BCUT2D eigenvalue weighted by molar-refractivity contribution is 7.89. The van der Waals surface area contributed by atoms with E-state index in [1.807, 2.05) is 0 Å². The Kier molecular flexibility index (Phi) is 5.90. The van der Waals surface area contributed by atoms with Gasteiger partial charge in [0.2, 0.25) is 10.0 Å². The Morgan fingerprint density at radius 3 is 2.19 bits per heavy atom. The average Bonchev–Trinajstić information content (AvgIpc) is 2.57. The molecule has 0 fully saturated rings. The van der Waals surface area contributed by atoms with Gasteiger partial charge in [0, 0.05) is 5.69 Å². The molecule has 2 aromatic carbocycles. The molecule has 4 N–H and O–H groups in total. The van der Waals surface area contributed by atoms with Crippen molar-refractivity contribution in [2.24, 2.45) is 5.14 Å². The number of amides is 1. The first-order chi connectivity index (χ1) is 12.1. The Labute approximate surface area is 159 Å². The monoisotopic (exact) mass is 411 g/mol. The minimum atomic E-state index is -3.84. The lowest BCUT2D eigenvalue weighted by Crippen LogP contribution is -2.14. The van der Waals surface area contributed by atoms with Crippen LogP contribution < -0.4 is 10.5 Å². The van der Waals surface area contributed by atoms with E-state index in [1.54, 1.807) is 6.07 Å². The number of phenols is 1. The molecule has 0 unspecified atom stereocenters. The van der Waals surface area contributed by atoms with Crippen molar-refractivity contribution in [1.82, 2.24) is 0 Å². The number of anilines is 1. The first kappa shape index (κ1) is 19.8. The maximum atomic E-state index is 12.2. The zero-order chi connectivity index (χ0) is 19.5. The molecule has 0 aromatic heterocycles. The van der Waals surface area contributed by atoms with Gasteiger partial charge in [-0.3, -0.25) is 4.79 Å². The zero-order valence-electron chi connectivity index (χ0n) is 12.9. The molecule has 0 aliphatic rings. The summed E-state index contributed by atoms with van der Waals surface area (Å²) in [6.45, 7) is 0. The van der Waals surface area contributed by atoms with Crippen molar-refractivity contribution in [3.05, 3.63) is 57.6 Å². The van der Waals surface area contributed by atoms with E-state index >= 15 is 0 Å². The van der Waals surface area contributed by atoms with E-state index < -0.39 is 15.9 Å². The first-order valence-electron chi connectivity index (χ1n) is 6.86. The summed E-state index contributed by atoms with van der Waals surface area (Å²) < 4.78 is 22.4. The molecule has 134 valence electrons. The number of hydrogen-bond acceptors (Lipinski definition) is 5. The molecule has 2 aromatic rings. The third-order valence-corrected chi connectivity index (χ3v) is 4.66. The highest BCUT2D eigenvalue weighted by atomic mass is 35.5. The van der Waals surface area contributed by atoms with E-state index in [0.717, 1.165) is 0 Å². The van der Waals surface area contributed by atoms with Crippen molar-refractivity contribution in [2.75, 3.05) is 5.32 Å². The van der Waals surface area contributed by atoms with Crippen LogP contribution in [0.3, 0.4) is 0 Å². The second-order valence-electron chi connectivity index (χ2n) is 5.03. The van der Waals surface area contributed by atoms with E-state index in [9.17, 15) is 23.6 Å². The minimum Gasteiger partial charge on any atom is -0.505 e. The summed E-state index contributed by atoms with van der Waals surface area (Å²) >= 11 is 11.6. The summed E-state index contributed by atoms with van der Waals surface area (Å²) in [4.78, 5) is 12.1. The van der Waals surface area contributed by atoms with Crippen molar-refractivity contribution in [1.29, 1.82) is 5.26 Å². The van der Waals surface area contributed by atoms with Gasteiger partial charge < -0.3 is 10.4 Å². The number of hydrogen-bond donors (Lipinski definition) is 3. The van der Waals surface area contributed by atoms with Crippen molar-refractivity contribution in [3.8, 4) is 11.8 Å². The fourth-order valence-corrected chi connectivity index (χ4v) is 2.93. The number of halogens is 2. The Morgan fingerprint density at radius 1 is 1.19 bits per heavy atom. The van der Waals surface area contributed by atoms with Gasteiger partial charge in [0.25, 0.3) is 5.91 Å². The van der Waals surface area contributed by atoms with Crippen LogP contribution in [-0.4, -0.2) is 19.4 Å². The van der Waals surface area contributed by atoms with Crippen LogP contribution in [0.4, 0.5) is 5.69 Å². The minimum absolute atomic E-state index is 0.0277. The fraction of sp³-hybridized carbons (Fsp3) is 0. The van der Waals surface area contributed by atoms with Gasteiger partial charge in [-0.2, -0.15) is 5.26 Å². The molecule has 0 aliphatic heterocycles. The van der Waals surface area contributed by atoms with E-state index in [4.69, 9.17) is 28.3 Å². The van der Waals surface area contributed by atoms with Crippen molar-refractivity contribution < 1.29 is 18.3 Å². The standard InChI is InChI=1S/C16H11Cl2N3O4S/c17-13-6-9(7-14(18)15(13)22)5-10(8-19)16(23)21-11-1-3-12(4-2-11)26(20,24)25/h1-7,22H,(H,21,23)(H2,20,24,25)/b10-5-.